The largest absolute Gasteiger partial charge is 0.495 e. The Labute approximate surface area is 82.8 Å². The van der Waals surface area contributed by atoms with Gasteiger partial charge in [-0.15, -0.1) is 0 Å². The number of rotatable bonds is 3. The quantitative estimate of drug-likeness (QED) is 0.787. The molecule has 0 bridgehead atoms. The van der Waals surface area contributed by atoms with Crippen LogP contribution in [0, 0.1) is 0 Å². The van der Waals surface area contributed by atoms with Gasteiger partial charge in [0.15, 0.2) is 0 Å². The molecule has 1 atom stereocenters. The van der Waals surface area contributed by atoms with Crippen LogP contribution in [0.25, 0.3) is 0 Å². The van der Waals surface area contributed by atoms with E-state index in [-0.39, 0.29) is 0 Å². The van der Waals surface area contributed by atoms with E-state index in [4.69, 9.17) is 4.74 Å². The van der Waals surface area contributed by atoms with E-state index >= 15 is 0 Å². The number of hydrogen-bond acceptors (Lipinski definition) is 3. The minimum absolute atomic E-state index is 0.653. The Balaban J connectivity index is 2.13. The van der Waals surface area contributed by atoms with Gasteiger partial charge in [0, 0.05) is 24.7 Å². The highest BCUT2D eigenvalue weighted by Gasteiger charge is 2.19. The highest BCUT2D eigenvalue weighted by Crippen LogP contribution is 2.25. The second kappa shape index (κ2) is 3.84. The number of aromatic nitrogens is 2. The Morgan fingerprint density at radius 2 is 2.57 bits per heavy atom. The molecule has 4 heteroatoms. The second-order valence-corrected chi connectivity index (χ2v) is 3.28. The summed E-state index contributed by atoms with van der Waals surface area (Å²) in [6.07, 6.45) is 5.67. The van der Waals surface area contributed by atoms with Crippen molar-refractivity contribution in [1.29, 1.82) is 0 Å². The molecule has 4 nitrogen and oxygen atoms in total. The summed E-state index contributed by atoms with van der Waals surface area (Å²) in [5.41, 5.74) is 0.792. The summed E-state index contributed by atoms with van der Waals surface area (Å²) in [6.45, 7) is 3.50. The summed E-state index contributed by atoms with van der Waals surface area (Å²) >= 11 is 0. The van der Waals surface area contributed by atoms with Crippen LogP contribution in [0.2, 0.25) is 0 Å². The Morgan fingerprint density at radius 1 is 1.71 bits per heavy atom. The Hall–Kier alpha value is -1.29. The predicted octanol–water partition coefficient (Wildman–Crippen LogP) is 1.24. The van der Waals surface area contributed by atoms with Crippen LogP contribution in [0.4, 0.5) is 0 Å². The van der Waals surface area contributed by atoms with Gasteiger partial charge in [0.1, 0.15) is 11.9 Å². The van der Waals surface area contributed by atoms with Crippen molar-refractivity contribution in [3.8, 4) is 0 Å². The zero-order valence-electron chi connectivity index (χ0n) is 8.18. The third-order valence-corrected chi connectivity index (χ3v) is 2.29. The molecule has 2 heterocycles. The van der Waals surface area contributed by atoms with Crippen LogP contribution < -0.4 is 0 Å². The average molecular weight is 194 g/mol. The third kappa shape index (κ3) is 1.65. The van der Waals surface area contributed by atoms with Gasteiger partial charge < -0.3 is 9.84 Å². The van der Waals surface area contributed by atoms with Gasteiger partial charge in [-0.05, 0) is 13.0 Å². The van der Waals surface area contributed by atoms with Crippen LogP contribution >= 0.6 is 0 Å². The molecule has 0 spiro atoms. The molecule has 0 amide bonds. The first-order valence-electron chi connectivity index (χ1n) is 4.84. The van der Waals surface area contributed by atoms with Crippen molar-refractivity contribution in [3.63, 3.8) is 0 Å². The number of aliphatic hydroxyl groups excluding tert-OH is 1. The maximum absolute atomic E-state index is 9.88. The molecule has 0 fully saturated rings. The zero-order chi connectivity index (χ0) is 9.97. The summed E-state index contributed by atoms with van der Waals surface area (Å²) in [5, 5.41) is 14.0. The van der Waals surface area contributed by atoms with Gasteiger partial charge in [-0.2, -0.15) is 5.10 Å². The molecule has 76 valence electrons. The fraction of sp³-hybridized carbons (Fsp3) is 0.500. The average Bonchev–Trinajstić information content (AvgIpc) is 2.88. The highest BCUT2D eigenvalue weighted by atomic mass is 16.5. The predicted molar refractivity (Wildman–Crippen MR) is 51.5 cm³/mol. The Kier molecular flexibility index (Phi) is 2.54. The summed E-state index contributed by atoms with van der Waals surface area (Å²) in [4.78, 5) is 0. The number of aryl methyl sites for hydroxylation is 1. The van der Waals surface area contributed by atoms with Crippen LogP contribution in [0.3, 0.4) is 0 Å². The molecule has 14 heavy (non-hydrogen) atoms. The van der Waals surface area contributed by atoms with E-state index in [2.05, 4.69) is 5.10 Å². The van der Waals surface area contributed by atoms with E-state index in [1.54, 1.807) is 10.9 Å². The summed E-state index contributed by atoms with van der Waals surface area (Å²) in [6, 6.07) is 0. The molecule has 1 unspecified atom stereocenters. The Bertz CT molecular complexity index is 344. The van der Waals surface area contributed by atoms with Crippen LogP contribution in [-0.2, 0) is 11.3 Å². The molecule has 0 saturated carbocycles. The van der Waals surface area contributed by atoms with E-state index in [0.29, 0.717) is 12.4 Å². The van der Waals surface area contributed by atoms with Gasteiger partial charge in [0.25, 0.3) is 0 Å². The highest BCUT2D eigenvalue weighted by molar-refractivity contribution is 5.19. The minimum Gasteiger partial charge on any atom is -0.495 e. The molecular weight excluding hydrogens is 180 g/mol. The lowest BCUT2D eigenvalue weighted by atomic mass is 10.1. The molecule has 1 aliphatic heterocycles. The number of hydrogen-bond donors (Lipinski definition) is 1. The first-order chi connectivity index (χ1) is 6.81. The van der Waals surface area contributed by atoms with Crippen LogP contribution in [0.5, 0.6) is 0 Å². The first kappa shape index (κ1) is 9.27. The SMILES string of the molecule is CCn1cc(C(O)C2=CCCO2)cn1. The summed E-state index contributed by atoms with van der Waals surface area (Å²) < 4.78 is 7.07. The molecule has 2 rings (SSSR count). The van der Waals surface area contributed by atoms with Gasteiger partial charge >= 0.3 is 0 Å². The number of nitrogens with zero attached hydrogens (tertiary/aromatic N) is 2. The van der Waals surface area contributed by atoms with Gasteiger partial charge in [0.2, 0.25) is 0 Å². The lowest BCUT2D eigenvalue weighted by molar-refractivity contribution is 0.119. The lowest BCUT2D eigenvalue weighted by Gasteiger charge is -2.09. The minimum atomic E-state index is -0.655. The number of aliphatic hydroxyl groups is 1. The maximum Gasteiger partial charge on any atom is 0.139 e. The van der Waals surface area contributed by atoms with Crippen molar-refractivity contribution in [2.24, 2.45) is 0 Å². The molecule has 0 radical (unpaired) electrons. The first-order valence-corrected chi connectivity index (χ1v) is 4.84. The van der Waals surface area contributed by atoms with Crippen LogP contribution in [-0.4, -0.2) is 21.5 Å². The smallest absolute Gasteiger partial charge is 0.139 e. The molecular formula is C10H14N2O2. The normalized spacial score (nSPS) is 17.7. The summed E-state index contributed by atoms with van der Waals surface area (Å²) in [5.74, 6) is 0.653. The van der Waals surface area contributed by atoms with E-state index in [0.717, 1.165) is 18.5 Å². The molecule has 1 aromatic rings. The van der Waals surface area contributed by atoms with E-state index in [1.165, 1.54) is 0 Å². The third-order valence-electron chi connectivity index (χ3n) is 2.29. The standard InChI is InChI=1S/C10H14N2O2/c1-2-12-7-8(6-11-12)10(13)9-4-3-5-14-9/h4,6-7,10,13H,2-3,5H2,1H3. The van der Waals surface area contributed by atoms with Crippen molar-refractivity contribution >= 4 is 0 Å². The van der Waals surface area contributed by atoms with Gasteiger partial charge in [0.05, 0.1) is 12.8 Å². The van der Waals surface area contributed by atoms with Gasteiger partial charge in [-0.25, -0.2) is 0 Å². The van der Waals surface area contributed by atoms with Crippen molar-refractivity contribution in [3.05, 3.63) is 29.8 Å². The monoisotopic (exact) mass is 194 g/mol. The molecule has 1 aromatic heterocycles. The maximum atomic E-state index is 9.88. The van der Waals surface area contributed by atoms with Crippen molar-refractivity contribution < 1.29 is 9.84 Å². The van der Waals surface area contributed by atoms with Crippen molar-refractivity contribution in [1.82, 2.24) is 9.78 Å². The molecule has 0 aliphatic carbocycles. The van der Waals surface area contributed by atoms with E-state index in [1.807, 2.05) is 19.2 Å². The fourth-order valence-electron chi connectivity index (χ4n) is 1.49. The molecule has 1 N–H and O–H groups in total. The van der Waals surface area contributed by atoms with Crippen molar-refractivity contribution in [2.75, 3.05) is 6.61 Å². The Morgan fingerprint density at radius 3 is 3.14 bits per heavy atom. The fourth-order valence-corrected chi connectivity index (χ4v) is 1.49. The topological polar surface area (TPSA) is 47.3 Å². The van der Waals surface area contributed by atoms with E-state index in [9.17, 15) is 5.11 Å². The summed E-state index contributed by atoms with van der Waals surface area (Å²) in [7, 11) is 0. The van der Waals surface area contributed by atoms with E-state index < -0.39 is 6.10 Å². The zero-order valence-corrected chi connectivity index (χ0v) is 8.18. The second-order valence-electron chi connectivity index (χ2n) is 3.28. The van der Waals surface area contributed by atoms with Gasteiger partial charge in [-0.3, -0.25) is 4.68 Å². The lowest BCUT2D eigenvalue weighted by Crippen LogP contribution is -2.01. The van der Waals surface area contributed by atoms with Crippen molar-refractivity contribution in [2.45, 2.75) is 26.0 Å². The molecule has 0 saturated heterocycles. The number of ether oxygens (including phenoxy) is 1. The molecule has 1 aliphatic rings. The van der Waals surface area contributed by atoms with Crippen LogP contribution in [0.1, 0.15) is 25.0 Å². The van der Waals surface area contributed by atoms with Gasteiger partial charge in [-0.1, -0.05) is 0 Å². The van der Waals surface area contributed by atoms with Crippen LogP contribution in [0.15, 0.2) is 24.2 Å². The molecule has 0 aromatic carbocycles.